The molecule has 0 aliphatic carbocycles. The number of carboxylic acid groups (broad SMARTS) is 2. The Balaban J connectivity index is 2.25. The van der Waals surface area contributed by atoms with Crippen molar-refractivity contribution in [1.82, 2.24) is 0 Å². The quantitative estimate of drug-likeness (QED) is 0.621. The van der Waals surface area contributed by atoms with Gasteiger partial charge >= 0.3 is 17.9 Å². The first-order chi connectivity index (χ1) is 13.3. The number of esters is 1. The Morgan fingerprint density at radius 2 is 2.07 bits per heavy atom. The highest BCUT2D eigenvalue weighted by Crippen LogP contribution is 2.49. The molecular weight excluding hydrogens is 368 g/mol. The molecule has 1 aromatic rings. The van der Waals surface area contributed by atoms with E-state index in [0.717, 1.165) is 12.8 Å². The minimum absolute atomic E-state index is 0.0158. The molecule has 3 unspecified atom stereocenters. The van der Waals surface area contributed by atoms with Crippen LogP contribution in [-0.4, -0.2) is 28.1 Å². The molecule has 0 bridgehead atoms. The zero-order valence-corrected chi connectivity index (χ0v) is 15.0. The van der Waals surface area contributed by atoms with Crippen LogP contribution < -0.4 is 10.5 Å². The van der Waals surface area contributed by atoms with Gasteiger partial charge in [0.2, 0.25) is 5.88 Å². The monoisotopic (exact) mass is 386 g/mol. The molecule has 146 valence electrons. The van der Waals surface area contributed by atoms with Gasteiger partial charge in [-0.25, -0.2) is 9.59 Å². The SMILES string of the molecule is CCCCC1OC(=O)c2c1ccc1c2C(C(C#N)C(=O)O)C(C(=O)O)=C(N)O1. The normalized spacial score (nSPS) is 21.1. The highest BCUT2D eigenvalue weighted by atomic mass is 16.5. The smallest absolute Gasteiger partial charge is 0.339 e. The Kier molecular flexibility index (Phi) is 4.96. The third-order valence-electron chi connectivity index (χ3n) is 4.93. The average Bonchev–Trinajstić information content (AvgIpc) is 2.95. The minimum Gasteiger partial charge on any atom is -0.480 e. The number of aliphatic carboxylic acids is 2. The number of nitrogens with two attached hydrogens (primary N) is 1. The number of nitrogens with zero attached hydrogens (tertiary/aromatic N) is 1. The molecule has 0 amide bonds. The number of hydrogen-bond donors (Lipinski definition) is 3. The van der Waals surface area contributed by atoms with E-state index < -0.39 is 47.3 Å². The number of cyclic esters (lactones) is 1. The molecule has 0 saturated heterocycles. The summed E-state index contributed by atoms with van der Waals surface area (Å²) in [6.07, 6.45) is 1.75. The molecule has 3 rings (SSSR count). The van der Waals surface area contributed by atoms with Gasteiger partial charge in [-0.3, -0.25) is 4.79 Å². The van der Waals surface area contributed by atoms with Gasteiger partial charge in [0.25, 0.3) is 0 Å². The zero-order chi connectivity index (χ0) is 20.6. The van der Waals surface area contributed by atoms with Crippen molar-refractivity contribution in [3.63, 3.8) is 0 Å². The lowest BCUT2D eigenvalue weighted by molar-refractivity contribution is -0.140. The van der Waals surface area contributed by atoms with Crippen LogP contribution in [0, 0.1) is 17.2 Å². The van der Waals surface area contributed by atoms with Crippen molar-refractivity contribution in [2.45, 2.75) is 38.2 Å². The topological polar surface area (TPSA) is 160 Å². The number of hydrogen-bond acceptors (Lipinski definition) is 7. The molecule has 1 aromatic carbocycles. The molecule has 0 saturated carbocycles. The molecule has 4 N–H and O–H groups in total. The van der Waals surface area contributed by atoms with Crippen LogP contribution in [0.3, 0.4) is 0 Å². The van der Waals surface area contributed by atoms with Crippen molar-refractivity contribution in [2.75, 3.05) is 0 Å². The van der Waals surface area contributed by atoms with E-state index in [1.165, 1.54) is 6.07 Å². The van der Waals surface area contributed by atoms with E-state index in [1.54, 1.807) is 12.1 Å². The van der Waals surface area contributed by atoms with E-state index in [0.29, 0.717) is 12.0 Å². The number of rotatable bonds is 6. The van der Waals surface area contributed by atoms with Crippen LogP contribution in [-0.2, 0) is 14.3 Å². The number of carbonyl (C=O) groups is 3. The first kappa shape index (κ1) is 19.2. The van der Waals surface area contributed by atoms with Crippen LogP contribution in [0.25, 0.3) is 0 Å². The Hall–Kier alpha value is -3.54. The molecule has 3 atom stereocenters. The van der Waals surface area contributed by atoms with Gasteiger partial charge in [0.15, 0.2) is 5.92 Å². The van der Waals surface area contributed by atoms with Crippen molar-refractivity contribution in [3.05, 3.63) is 40.3 Å². The summed E-state index contributed by atoms with van der Waals surface area (Å²) >= 11 is 0. The van der Waals surface area contributed by atoms with Gasteiger partial charge in [-0.2, -0.15) is 5.26 Å². The van der Waals surface area contributed by atoms with Gasteiger partial charge in [0, 0.05) is 11.1 Å². The number of carbonyl (C=O) groups excluding carboxylic acids is 1. The number of ether oxygens (including phenoxy) is 2. The van der Waals surface area contributed by atoms with Crippen molar-refractivity contribution in [1.29, 1.82) is 5.26 Å². The minimum atomic E-state index is -1.78. The third kappa shape index (κ3) is 2.93. The van der Waals surface area contributed by atoms with E-state index in [2.05, 4.69) is 0 Å². The summed E-state index contributed by atoms with van der Waals surface area (Å²) in [5, 5.41) is 28.5. The lowest BCUT2D eigenvalue weighted by Gasteiger charge is -2.29. The fourth-order valence-corrected chi connectivity index (χ4v) is 3.68. The van der Waals surface area contributed by atoms with Crippen molar-refractivity contribution >= 4 is 17.9 Å². The van der Waals surface area contributed by atoms with Gasteiger partial charge in [-0.15, -0.1) is 0 Å². The number of carboxylic acids is 2. The first-order valence-corrected chi connectivity index (χ1v) is 8.72. The van der Waals surface area contributed by atoms with Crippen molar-refractivity contribution in [3.8, 4) is 11.8 Å². The Labute approximate surface area is 160 Å². The third-order valence-corrected chi connectivity index (χ3v) is 4.93. The zero-order valence-electron chi connectivity index (χ0n) is 15.0. The fourth-order valence-electron chi connectivity index (χ4n) is 3.68. The summed E-state index contributed by atoms with van der Waals surface area (Å²) in [5.41, 5.74) is 5.73. The van der Waals surface area contributed by atoms with Crippen molar-refractivity contribution < 1.29 is 34.1 Å². The van der Waals surface area contributed by atoms with Gasteiger partial charge in [-0.05, 0) is 18.9 Å². The summed E-state index contributed by atoms with van der Waals surface area (Å²) in [5.74, 6) is -7.48. The number of fused-ring (bicyclic) bond motifs is 3. The predicted molar refractivity (Wildman–Crippen MR) is 93.1 cm³/mol. The van der Waals surface area contributed by atoms with Gasteiger partial charge in [0.1, 0.15) is 17.4 Å². The Bertz CT molecular complexity index is 944. The van der Waals surface area contributed by atoms with Crippen LogP contribution >= 0.6 is 0 Å². The summed E-state index contributed by atoms with van der Waals surface area (Å²) in [6, 6.07) is 4.72. The van der Waals surface area contributed by atoms with E-state index in [9.17, 15) is 29.9 Å². The summed E-state index contributed by atoms with van der Waals surface area (Å²) in [4.78, 5) is 36.0. The van der Waals surface area contributed by atoms with Crippen LogP contribution in [0.15, 0.2) is 23.6 Å². The largest absolute Gasteiger partial charge is 0.480 e. The second kappa shape index (κ2) is 7.23. The summed E-state index contributed by atoms with van der Waals surface area (Å²) in [6.45, 7) is 1.99. The molecule has 9 nitrogen and oxygen atoms in total. The lowest BCUT2D eigenvalue weighted by atomic mass is 9.76. The molecule has 2 aliphatic rings. The molecule has 0 aromatic heterocycles. The van der Waals surface area contributed by atoms with Crippen LogP contribution in [0.1, 0.15) is 59.7 Å². The highest BCUT2D eigenvalue weighted by molar-refractivity contribution is 5.99. The van der Waals surface area contributed by atoms with E-state index in [-0.39, 0.29) is 16.9 Å². The number of nitriles is 1. The molecule has 0 fully saturated rings. The fraction of sp³-hybridized carbons (Fsp3) is 0.368. The maximum Gasteiger partial charge on any atom is 0.339 e. The van der Waals surface area contributed by atoms with Gasteiger partial charge in [-0.1, -0.05) is 19.4 Å². The van der Waals surface area contributed by atoms with Gasteiger partial charge in [0.05, 0.1) is 17.6 Å². The molecule has 2 heterocycles. The second-order valence-electron chi connectivity index (χ2n) is 6.59. The van der Waals surface area contributed by atoms with Crippen LogP contribution in [0.2, 0.25) is 0 Å². The molecule has 0 radical (unpaired) electrons. The maximum absolute atomic E-state index is 12.6. The lowest BCUT2D eigenvalue weighted by Crippen LogP contribution is -2.33. The number of unbranched alkanes of at least 4 members (excludes halogenated alkanes) is 1. The maximum atomic E-state index is 12.6. The predicted octanol–water partition coefficient (Wildman–Crippen LogP) is 2.04. The van der Waals surface area contributed by atoms with Crippen molar-refractivity contribution in [2.24, 2.45) is 11.7 Å². The highest BCUT2D eigenvalue weighted by Gasteiger charge is 2.47. The molecule has 0 spiro atoms. The Morgan fingerprint density at radius 1 is 1.36 bits per heavy atom. The van der Waals surface area contributed by atoms with Crippen LogP contribution in [0.4, 0.5) is 0 Å². The number of benzene rings is 1. The van der Waals surface area contributed by atoms with E-state index in [1.807, 2.05) is 6.92 Å². The summed E-state index contributed by atoms with van der Waals surface area (Å²) in [7, 11) is 0. The van der Waals surface area contributed by atoms with Gasteiger partial charge < -0.3 is 25.4 Å². The molecule has 28 heavy (non-hydrogen) atoms. The second-order valence-corrected chi connectivity index (χ2v) is 6.59. The Morgan fingerprint density at radius 3 is 2.64 bits per heavy atom. The molecule has 2 aliphatic heterocycles. The summed E-state index contributed by atoms with van der Waals surface area (Å²) < 4.78 is 10.8. The van der Waals surface area contributed by atoms with E-state index in [4.69, 9.17) is 15.2 Å². The standard InChI is InChI=1S/C19H18N2O7/c1-2-3-4-10-8-5-6-11-14(13(8)19(26)28-10)12(9(7-20)17(22)23)15(18(24)25)16(21)27-11/h5-6,9-10,12H,2-4,21H2,1H3,(H,22,23)(H,24,25). The first-order valence-electron chi connectivity index (χ1n) is 8.72. The molecular formula is C19H18N2O7. The van der Waals surface area contributed by atoms with Crippen LogP contribution in [0.5, 0.6) is 5.75 Å². The average molecular weight is 386 g/mol. The van der Waals surface area contributed by atoms with E-state index >= 15 is 0 Å². The molecule has 9 heteroatoms.